The predicted octanol–water partition coefficient (Wildman–Crippen LogP) is 3.41. The van der Waals surface area contributed by atoms with E-state index in [0.717, 1.165) is 5.69 Å². The maximum Gasteiger partial charge on any atom is 0.262 e. The molecule has 0 aliphatic carbocycles. The van der Waals surface area contributed by atoms with Gasteiger partial charge in [-0.15, -0.1) is 0 Å². The maximum atomic E-state index is 11.9. The van der Waals surface area contributed by atoms with Gasteiger partial charge in [0.1, 0.15) is 5.75 Å². The molecule has 0 bridgehead atoms. The van der Waals surface area contributed by atoms with Crippen molar-refractivity contribution in [3.05, 3.63) is 54.1 Å². The third kappa shape index (κ3) is 4.53. The summed E-state index contributed by atoms with van der Waals surface area (Å²) in [6, 6.07) is 14.8. The van der Waals surface area contributed by atoms with Crippen molar-refractivity contribution in [2.45, 2.75) is 19.8 Å². The Morgan fingerprint density at radius 3 is 2.67 bits per heavy atom. The van der Waals surface area contributed by atoms with Crippen LogP contribution in [0.4, 0.5) is 11.4 Å². The number of benzene rings is 2. The summed E-state index contributed by atoms with van der Waals surface area (Å²) in [7, 11) is 0. The zero-order chi connectivity index (χ0) is 15.2. The molecule has 4 nitrogen and oxygen atoms in total. The number of hydrogen-bond acceptors (Lipinski definition) is 3. The van der Waals surface area contributed by atoms with Gasteiger partial charge in [0.15, 0.2) is 6.61 Å². The molecule has 21 heavy (non-hydrogen) atoms. The van der Waals surface area contributed by atoms with Crippen LogP contribution < -0.4 is 15.8 Å². The zero-order valence-corrected chi connectivity index (χ0v) is 12.3. The number of nitrogens with one attached hydrogen (secondary N) is 1. The molecule has 2 aromatic rings. The summed E-state index contributed by atoms with van der Waals surface area (Å²) < 4.78 is 5.41. The summed E-state index contributed by atoms with van der Waals surface area (Å²) in [5.74, 6) is 0.810. The molecule has 0 saturated carbocycles. The summed E-state index contributed by atoms with van der Waals surface area (Å²) in [6.45, 7) is 4.18. The van der Waals surface area contributed by atoms with Gasteiger partial charge in [0.2, 0.25) is 0 Å². The van der Waals surface area contributed by atoms with Crippen molar-refractivity contribution in [1.29, 1.82) is 0 Å². The molecule has 2 aromatic carbocycles. The molecule has 0 spiro atoms. The number of amides is 1. The van der Waals surface area contributed by atoms with Gasteiger partial charge in [0.05, 0.1) is 0 Å². The van der Waals surface area contributed by atoms with Crippen LogP contribution in [-0.2, 0) is 4.79 Å². The van der Waals surface area contributed by atoms with Crippen LogP contribution in [0.15, 0.2) is 48.5 Å². The van der Waals surface area contributed by atoms with Crippen LogP contribution in [0.1, 0.15) is 25.3 Å². The second-order valence-electron chi connectivity index (χ2n) is 5.19. The highest BCUT2D eigenvalue weighted by atomic mass is 16.5. The first kappa shape index (κ1) is 14.9. The van der Waals surface area contributed by atoms with Gasteiger partial charge in [-0.3, -0.25) is 4.79 Å². The van der Waals surface area contributed by atoms with E-state index in [0.29, 0.717) is 17.4 Å². The molecule has 0 aliphatic heterocycles. The Hall–Kier alpha value is -2.49. The number of nitrogens with two attached hydrogens (primary N) is 1. The number of hydrogen-bond donors (Lipinski definition) is 2. The van der Waals surface area contributed by atoms with Gasteiger partial charge in [-0.05, 0) is 35.7 Å². The Morgan fingerprint density at radius 2 is 1.95 bits per heavy atom. The molecule has 0 aliphatic rings. The smallest absolute Gasteiger partial charge is 0.262 e. The number of carbonyl (C=O) groups excluding carboxylic acids is 1. The maximum absolute atomic E-state index is 11.9. The zero-order valence-electron chi connectivity index (χ0n) is 12.3. The second-order valence-corrected chi connectivity index (χ2v) is 5.19. The lowest BCUT2D eigenvalue weighted by Crippen LogP contribution is -2.20. The molecule has 0 saturated heterocycles. The SMILES string of the molecule is CC(C)c1cccc(NC(=O)COc2cccc(N)c2)c1. The van der Waals surface area contributed by atoms with Crippen LogP contribution in [0, 0.1) is 0 Å². The van der Waals surface area contributed by atoms with Crippen LogP contribution in [-0.4, -0.2) is 12.5 Å². The van der Waals surface area contributed by atoms with Crippen LogP contribution in [0.3, 0.4) is 0 Å². The largest absolute Gasteiger partial charge is 0.484 e. The molecule has 1 amide bonds. The van der Waals surface area contributed by atoms with Crippen LogP contribution in [0.25, 0.3) is 0 Å². The molecule has 0 unspecified atom stereocenters. The number of nitrogen functional groups attached to an aromatic ring is 1. The molecule has 2 rings (SSSR count). The molecular weight excluding hydrogens is 264 g/mol. The highest BCUT2D eigenvalue weighted by Gasteiger charge is 2.06. The van der Waals surface area contributed by atoms with Crippen LogP contribution >= 0.6 is 0 Å². The minimum Gasteiger partial charge on any atom is -0.484 e. The Kier molecular flexibility index (Phi) is 4.82. The molecule has 0 heterocycles. The molecule has 0 aromatic heterocycles. The van der Waals surface area contributed by atoms with E-state index >= 15 is 0 Å². The van der Waals surface area contributed by atoms with Crippen molar-refractivity contribution >= 4 is 17.3 Å². The second kappa shape index (κ2) is 6.79. The lowest BCUT2D eigenvalue weighted by Gasteiger charge is -2.10. The Morgan fingerprint density at radius 1 is 1.19 bits per heavy atom. The molecule has 110 valence electrons. The normalized spacial score (nSPS) is 10.4. The van der Waals surface area contributed by atoms with E-state index in [1.807, 2.05) is 24.3 Å². The van der Waals surface area contributed by atoms with E-state index in [2.05, 4.69) is 19.2 Å². The van der Waals surface area contributed by atoms with Crippen molar-refractivity contribution in [1.82, 2.24) is 0 Å². The summed E-state index contributed by atoms with van der Waals surface area (Å²) in [5, 5.41) is 2.83. The van der Waals surface area contributed by atoms with E-state index in [9.17, 15) is 4.79 Å². The van der Waals surface area contributed by atoms with Crippen molar-refractivity contribution in [3.63, 3.8) is 0 Å². The van der Waals surface area contributed by atoms with Crippen molar-refractivity contribution in [3.8, 4) is 5.75 Å². The topological polar surface area (TPSA) is 64.3 Å². The number of anilines is 2. The van der Waals surface area contributed by atoms with Gasteiger partial charge < -0.3 is 15.8 Å². The molecule has 3 N–H and O–H groups in total. The minimum absolute atomic E-state index is 0.0463. The average Bonchev–Trinajstić information content (AvgIpc) is 2.45. The van der Waals surface area contributed by atoms with Gasteiger partial charge in [0, 0.05) is 17.4 Å². The van der Waals surface area contributed by atoms with E-state index in [1.165, 1.54) is 5.56 Å². The lowest BCUT2D eigenvalue weighted by molar-refractivity contribution is -0.118. The third-order valence-corrected chi connectivity index (χ3v) is 3.07. The average molecular weight is 284 g/mol. The van der Waals surface area contributed by atoms with Gasteiger partial charge in [-0.2, -0.15) is 0 Å². The van der Waals surface area contributed by atoms with Crippen LogP contribution in [0.2, 0.25) is 0 Å². The molecule has 0 radical (unpaired) electrons. The molecule has 0 fully saturated rings. The lowest BCUT2D eigenvalue weighted by atomic mass is 10.0. The first-order chi connectivity index (χ1) is 10.0. The first-order valence-corrected chi connectivity index (χ1v) is 6.93. The quantitative estimate of drug-likeness (QED) is 0.827. The van der Waals surface area contributed by atoms with Gasteiger partial charge in [0.25, 0.3) is 5.91 Å². The summed E-state index contributed by atoms with van der Waals surface area (Å²) >= 11 is 0. The van der Waals surface area contributed by atoms with Crippen molar-refractivity contribution in [2.24, 2.45) is 0 Å². The molecule has 4 heteroatoms. The summed E-state index contributed by atoms with van der Waals surface area (Å²) in [5.41, 5.74) is 8.23. The fraction of sp³-hybridized carbons (Fsp3) is 0.235. The Bertz CT molecular complexity index is 624. The minimum atomic E-state index is -0.196. The van der Waals surface area contributed by atoms with Crippen LogP contribution in [0.5, 0.6) is 5.75 Å². The molecule has 0 atom stereocenters. The van der Waals surface area contributed by atoms with Crippen molar-refractivity contribution in [2.75, 3.05) is 17.7 Å². The summed E-state index contributed by atoms with van der Waals surface area (Å²) in [6.07, 6.45) is 0. The van der Waals surface area contributed by atoms with Gasteiger partial charge >= 0.3 is 0 Å². The number of carbonyl (C=O) groups is 1. The monoisotopic (exact) mass is 284 g/mol. The van der Waals surface area contributed by atoms with E-state index in [1.54, 1.807) is 24.3 Å². The van der Waals surface area contributed by atoms with E-state index < -0.39 is 0 Å². The predicted molar refractivity (Wildman–Crippen MR) is 85.5 cm³/mol. The van der Waals surface area contributed by atoms with Gasteiger partial charge in [-0.1, -0.05) is 32.0 Å². The molecular formula is C17H20N2O2. The first-order valence-electron chi connectivity index (χ1n) is 6.93. The Balaban J connectivity index is 1.91. The summed E-state index contributed by atoms with van der Waals surface area (Å²) in [4.78, 5) is 11.9. The Labute approximate surface area is 124 Å². The number of rotatable bonds is 5. The van der Waals surface area contributed by atoms with Gasteiger partial charge in [-0.25, -0.2) is 0 Å². The highest BCUT2D eigenvalue weighted by Crippen LogP contribution is 2.18. The van der Waals surface area contributed by atoms with E-state index in [4.69, 9.17) is 10.5 Å². The van der Waals surface area contributed by atoms with Crippen molar-refractivity contribution < 1.29 is 9.53 Å². The number of ether oxygens (including phenoxy) is 1. The fourth-order valence-electron chi connectivity index (χ4n) is 1.93. The highest BCUT2D eigenvalue weighted by molar-refractivity contribution is 5.91. The fourth-order valence-corrected chi connectivity index (χ4v) is 1.93. The van der Waals surface area contributed by atoms with E-state index in [-0.39, 0.29) is 12.5 Å². The standard InChI is InChI=1S/C17H20N2O2/c1-12(2)13-5-3-7-15(9-13)19-17(20)11-21-16-8-4-6-14(18)10-16/h3-10,12H,11,18H2,1-2H3,(H,19,20). The third-order valence-electron chi connectivity index (χ3n) is 3.07.